The van der Waals surface area contributed by atoms with Gasteiger partial charge in [0.15, 0.2) is 0 Å². The van der Waals surface area contributed by atoms with Gasteiger partial charge in [0.2, 0.25) is 0 Å². The second-order valence-corrected chi connectivity index (χ2v) is 5.52. The molecule has 0 heterocycles. The summed E-state index contributed by atoms with van der Waals surface area (Å²) in [7, 11) is 0. The SMILES string of the molecule is Cc1cc(C)c(C(NN)c2cc(C)c(F)cc2F)cc1C. The molecule has 0 bridgehead atoms. The molecule has 1 atom stereocenters. The lowest BCUT2D eigenvalue weighted by atomic mass is 9.91. The third kappa shape index (κ3) is 2.96. The first-order chi connectivity index (χ1) is 9.85. The zero-order valence-corrected chi connectivity index (χ0v) is 12.7. The molecule has 0 amide bonds. The predicted octanol–water partition coefficient (Wildman–Crippen LogP) is 3.75. The highest BCUT2D eigenvalue weighted by Crippen LogP contribution is 2.29. The van der Waals surface area contributed by atoms with Gasteiger partial charge in [0.25, 0.3) is 0 Å². The number of hydrogen-bond acceptors (Lipinski definition) is 2. The van der Waals surface area contributed by atoms with E-state index in [2.05, 4.69) is 5.43 Å². The maximum atomic E-state index is 14.1. The Hall–Kier alpha value is -1.78. The maximum Gasteiger partial charge on any atom is 0.131 e. The summed E-state index contributed by atoms with van der Waals surface area (Å²) < 4.78 is 27.6. The smallest absolute Gasteiger partial charge is 0.131 e. The first-order valence-electron chi connectivity index (χ1n) is 6.84. The molecule has 2 rings (SSSR count). The van der Waals surface area contributed by atoms with E-state index in [1.165, 1.54) is 11.6 Å². The van der Waals surface area contributed by atoms with E-state index in [1.807, 2.05) is 32.9 Å². The van der Waals surface area contributed by atoms with Crippen molar-refractivity contribution in [1.82, 2.24) is 5.43 Å². The number of benzene rings is 2. The standard InChI is InChI=1S/C17H20F2N2/c1-9-5-11(3)13(6-10(9)2)17(21-20)14-7-12(4)15(18)8-16(14)19/h5-8,17,21H,20H2,1-4H3. The van der Waals surface area contributed by atoms with Gasteiger partial charge < -0.3 is 0 Å². The van der Waals surface area contributed by atoms with Gasteiger partial charge in [0.1, 0.15) is 11.6 Å². The van der Waals surface area contributed by atoms with Gasteiger partial charge in [-0.15, -0.1) is 0 Å². The Labute approximate surface area is 124 Å². The molecule has 0 saturated heterocycles. The summed E-state index contributed by atoms with van der Waals surface area (Å²) in [5, 5.41) is 0. The molecule has 2 aromatic rings. The van der Waals surface area contributed by atoms with Crippen LogP contribution in [0, 0.1) is 39.3 Å². The summed E-state index contributed by atoms with van der Waals surface area (Å²) in [6.45, 7) is 7.59. The van der Waals surface area contributed by atoms with E-state index in [0.29, 0.717) is 11.1 Å². The highest BCUT2D eigenvalue weighted by atomic mass is 19.1. The molecule has 4 heteroatoms. The molecule has 0 radical (unpaired) electrons. The summed E-state index contributed by atoms with van der Waals surface area (Å²) >= 11 is 0. The minimum Gasteiger partial charge on any atom is -0.271 e. The van der Waals surface area contributed by atoms with Gasteiger partial charge in [-0.1, -0.05) is 12.1 Å². The summed E-state index contributed by atoms with van der Waals surface area (Å²) in [6, 6.07) is 5.94. The van der Waals surface area contributed by atoms with Crippen LogP contribution in [0.5, 0.6) is 0 Å². The van der Waals surface area contributed by atoms with E-state index in [4.69, 9.17) is 5.84 Å². The van der Waals surface area contributed by atoms with E-state index >= 15 is 0 Å². The van der Waals surface area contributed by atoms with Crippen molar-refractivity contribution in [2.24, 2.45) is 5.84 Å². The first kappa shape index (κ1) is 15.6. The van der Waals surface area contributed by atoms with Crippen molar-refractivity contribution in [2.75, 3.05) is 0 Å². The van der Waals surface area contributed by atoms with Crippen LogP contribution in [0.1, 0.15) is 39.4 Å². The lowest BCUT2D eigenvalue weighted by Gasteiger charge is -2.21. The highest BCUT2D eigenvalue weighted by molar-refractivity contribution is 5.43. The molecule has 0 aliphatic carbocycles. The van der Waals surface area contributed by atoms with Crippen LogP contribution < -0.4 is 11.3 Å². The van der Waals surface area contributed by atoms with E-state index in [9.17, 15) is 8.78 Å². The number of hydrogen-bond donors (Lipinski definition) is 2. The Kier molecular flexibility index (Phi) is 4.40. The van der Waals surface area contributed by atoms with Gasteiger partial charge in [0.05, 0.1) is 6.04 Å². The van der Waals surface area contributed by atoms with Crippen LogP contribution in [0.25, 0.3) is 0 Å². The molecule has 0 spiro atoms. The van der Waals surface area contributed by atoms with Crippen LogP contribution in [-0.4, -0.2) is 0 Å². The first-order valence-corrected chi connectivity index (χ1v) is 6.84. The second-order valence-electron chi connectivity index (χ2n) is 5.52. The summed E-state index contributed by atoms with van der Waals surface area (Å²) in [6.07, 6.45) is 0. The van der Waals surface area contributed by atoms with Gasteiger partial charge >= 0.3 is 0 Å². The van der Waals surface area contributed by atoms with Gasteiger partial charge in [-0.2, -0.15) is 0 Å². The molecule has 1 unspecified atom stereocenters. The predicted molar refractivity (Wildman–Crippen MR) is 80.9 cm³/mol. The molecule has 0 saturated carbocycles. The van der Waals surface area contributed by atoms with Crippen LogP contribution >= 0.6 is 0 Å². The number of nitrogens with two attached hydrogens (primary N) is 1. The number of hydrazine groups is 1. The molecular weight excluding hydrogens is 270 g/mol. The second kappa shape index (κ2) is 5.92. The third-order valence-corrected chi connectivity index (χ3v) is 3.95. The Morgan fingerprint density at radius 2 is 1.33 bits per heavy atom. The van der Waals surface area contributed by atoms with Gasteiger partial charge in [-0.25, -0.2) is 14.2 Å². The largest absolute Gasteiger partial charge is 0.271 e. The maximum absolute atomic E-state index is 14.1. The quantitative estimate of drug-likeness (QED) is 0.667. The van der Waals surface area contributed by atoms with Crippen molar-refractivity contribution < 1.29 is 8.78 Å². The molecule has 3 N–H and O–H groups in total. The van der Waals surface area contributed by atoms with Crippen LogP contribution in [0.15, 0.2) is 24.3 Å². The van der Waals surface area contributed by atoms with Crippen molar-refractivity contribution in [3.63, 3.8) is 0 Å². The molecule has 0 aliphatic heterocycles. The van der Waals surface area contributed by atoms with Gasteiger partial charge in [0, 0.05) is 11.6 Å². The molecule has 21 heavy (non-hydrogen) atoms. The van der Waals surface area contributed by atoms with Crippen molar-refractivity contribution in [3.05, 3.63) is 69.3 Å². The van der Waals surface area contributed by atoms with E-state index in [1.54, 1.807) is 6.92 Å². The Balaban J connectivity index is 2.60. The lowest BCUT2D eigenvalue weighted by Crippen LogP contribution is -2.30. The summed E-state index contributed by atoms with van der Waals surface area (Å²) in [4.78, 5) is 0. The zero-order valence-electron chi connectivity index (χ0n) is 12.7. The third-order valence-electron chi connectivity index (χ3n) is 3.95. The van der Waals surface area contributed by atoms with Crippen molar-refractivity contribution in [3.8, 4) is 0 Å². The molecule has 0 aromatic heterocycles. The molecular formula is C17H20F2N2. The van der Waals surface area contributed by atoms with Gasteiger partial charge in [-0.05, 0) is 61.6 Å². The number of halogens is 2. The van der Waals surface area contributed by atoms with Gasteiger partial charge in [-0.3, -0.25) is 5.84 Å². The molecule has 2 nitrogen and oxygen atoms in total. The zero-order chi connectivity index (χ0) is 15.7. The van der Waals surface area contributed by atoms with E-state index < -0.39 is 17.7 Å². The van der Waals surface area contributed by atoms with Crippen molar-refractivity contribution >= 4 is 0 Å². The van der Waals surface area contributed by atoms with Crippen LogP contribution in [-0.2, 0) is 0 Å². The number of nitrogens with one attached hydrogen (secondary N) is 1. The fourth-order valence-corrected chi connectivity index (χ4v) is 2.54. The highest BCUT2D eigenvalue weighted by Gasteiger charge is 2.20. The lowest BCUT2D eigenvalue weighted by molar-refractivity contribution is 0.537. The average Bonchev–Trinajstić information content (AvgIpc) is 2.42. The normalized spacial score (nSPS) is 12.5. The Bertz CT molecular complexity index is 623. The Morgan fingerprint density at radius 1 is 0.762 bits per heavy atom. The molecule has 2 aromatic carbocycles. The number of rotatable bonds is 3. The van der Waals surface area contributed by atoms with E-state index in [0.717, 1.165) is 22.8 Å². The summed E-state index contributed by atoms with van der Waals surface area (Å²) in [5.74, 6) is 4.49. The van der Waals surface area contributed by atoms with Crippen molar-refractivity contribution in [2.45, 2.75) is 33.7 Å². The van der Waals surface area contributed by atoms with Crippen LogP contribution in [0.4, 0.5) is 8.78 Å². The Morgan fingerprint density at radius 3 is 1.95 bits per heavy atom. The molecule has 112 valence electrons. The monoisotopic (exact) mass is 290 g/mol. The summed E-state index contributed by atoms with van der Waals surface area (Å²) in [5.41, 5.74) is 7.58. The molecule has 0 aliphatic rings. The topological polar surface area (TPSA) is 38.0 Å². The fraction of sp³-hybridized carbons (Fsp3) is 0.294. The fourth-order valence-electron chi connectivity index (χ4n) is 2.54. The molecule has 0 fully saturated rings. The minimum absolute atomic E-state index is 0.350. The number of aryl methyl sites for hydroxylation is 4. The van der Waals surface area contributed by atoms with E-state index in [-0.39, 0.29) is 0 Å². The van der Waals surface area contributed by atoms with Crippen LogP contribution in [0.2, 0.25) is 0 Å². The van der Waals surface area contributed by atoms with Crippen LogP contribution in [0.3, 0.4) is 0 Å². The van der Waals surface area contributed by atoms with Crippen molar-refractivity contribution in [1.29, 1.82) is 0 Å². The minimum atomic E-state index is -0.598. The average molecular weight is 290 g/mol.